The lowest BCUT2D eigenvalue weighted by Crippen LogP contribution is -2.31. The molecule has 6 aromatic rings. The number of fused-ring (bicyclic) bond motifs is 3. The second-order valence-electron chi connectivity index (χ2n) is 13.5. The number of rotatable bonds is 7. The van der Waals surface area contributed by atoms with Gasteiger partial charge in [0.25, 0.3) is 0 Å². The molecule has 0 fully saturated rings. The predicted octanol–water partition coefficient (Wildman–Crippen LogP) is 12.5. The largest absolute Gasteiger partial charge is 0.334 e. The van der Waals surface area contributed by atoms with Gasteiger partial charge in [-0.05, 0) is 87.6 Å². The van der Waals surface area contributed by atoms with Crippen LogP contribution in [0, 0.1) is 0 Å². The van der Waals surface area contributed by atoms with Crippen molar-refractivity contribution >= 4 is 16.9 Å². The number of hydrogen-bond acceptors (Lipinski definition) is 1. The normalized spacial score (nSPS) is 18.9. The molecule has 0 radical (unpaired) electrons. The SMILES string of the molecule is C1=CC(C2(c3ccccc3)c3ccccc3-c3cc(N(c4ccccc4-c4ccccc4)C4C=CC(c5ccccc5)=CC4)ccc32)=CCC1. The highest BCUT2D eigenvalue weighted by atomic mass is 15.2. The topological polar surface area (TPSA) is 3.24 Å². The molecule has 240 valence electrons. The van der Waals surface area contributed by atoms with E-state index in [1.165, 1.54) is 67.0 Å². The van der Waals surface area contributed by atoms with Crippen molar-refractivity contribution in [1.29, 1.82) is 0 Å². The average molecular weight is 642 g/mol. The van der Waals surface area contributed by atoms with E-state index >= 15 is 0 Å². The first-order valence-corrected chi connectivity index (χ1v) is 17.9. The van der Waals surface area contributed by atoms with Gasteiger partial charge in [-0.25, -0.2) is 0 Å². The number of anilines is 2. The molecule has 0 heterocycles. The Balaban J connectivity index is 1.24. The molecule has 6 aromatic carbocycles. The molecule has 9 rings (SSSR count). The summed E-state index contributed by atoms with van der Waals surface area (Å²) in [4.78, 5) is 2.57. The number of allylic oxidation sites excluding steroid dienone is 6. The van der Waals surface area contributed by atoms with Gasteiger partial charge in [-0.1, -0.05) is 176 Å². The van der Waals surface area contributed by atoms with Crippen molar-refractivity contribution in [2.75, 3.05) is 4.90 Å². The van der Waals surface area contributed by atoms with E-state index in [0.717, 1.165) is 19.3 Å². The van der Waals surface area contributed by atoms with Crippen LogP contribution < -0.4 is 4.90 Å². The molecule has 0 aromatic heterocycles. The van der Waals surface area contributed by atoms with Crippen LogP contribution in [-0.2, 0) is 5.41 Å². The van der Waals surface area contributed by atoms with Crippen LogP contribution in [0.3, 0.4) is 0 Å². The smallest absolute Gasteiger partial charge is 0.0710 e. The van der Waals surface area contributed by atoms with E-state index < -0.39 is 0 Å². The van der Waals surface area contributed by atoms with Gasteiger partial charge in [-0.2, -0.15) is 0 Å². The van der Waals surface area contributed by atoms with E-state index in [-0.39, 0.29) is 11.5 Å². The van der Waals surface area contributed by atoms with Crippen LogP contribution in [0.25, 0.3) is 27.8 Å². The molecule has 3 aliphatic rings. The van der Waals surface area contributed by atoms with Crippen LogP contribution in [0.1, 0.15) is 41.5 Å². The summed E-state index contributed by atoms with van der Waals surface area (Å²) in [6.07, 6.45) is 17.4. The van der Waals surface area contributed by atoms with Gasteiger partial charge < -0.3 is 4.90 Å². The summed E-state index contributed by atoms with van der Waals surface area (Å²) in [5, 5.41) is 0. The summed E-state index contributed by atoms with van der Waals surface area (Å²) in [6.45, 7) is 0. The van der Waals surface area contributed by atoms with Gasteiger partial charge in [-0.15, -0.1) is 0 Å². The summed E-state index contributed by atoms with van der Waals surface area (Å²) in [5.74, 6) is 0. The monoisotopic (exact) mass is 641 g/mol. The zero-order valence-corrected chi connectivity index (χ0v) is 28.1. The first-order valence-electron chi connectivity index (χ1n) is 17.9. The molecule has 0 aliphatic heterocycles. The van der Waals surface area contributed by atoms with E-state index in [2.05, 4.69) is 199 Å². The minimum atomic E-state index is -0.368. The fraction of sp³-hybridized carbons (Fsp3) is 0.102. The van der Waals surface area contributed by atoms with Crippen molar-refractivity contribution in [1.82, 2.24) is 0 Å². The zero-order valence-electron chi connectivity index (χ0n) is 28.1. The van der Waals surface area contributed by atoms with Crippen LogP contribution in [0.2, 0.25) is 0 Å². The van der Waals surface area contributed by atoms with Crippen molar-refractivity contribution < 1.29 is 0 Å². The Bertz CT molecular complexity index is 2290. The van der Waals surface area contributed by atoms with Gasteiger partial charge >= 0.3 is 0 Å². The van der Waals surface area contributed by atoms with E-state index in [0.29, 0.717) is 0 Å². The third kappa shape index (κ3) is 5.01. The third-order valence-electron chi connectivity index (χ3n) is 10.7. The lowest BCUT2D eigenvalue weighted by atomic mass is 9.66. The fourth-order valence-corrected chi connectivity index (χ4v) is 8.49. The molecule has 3 aliphatic carbocycles. The number of nitrogens with zero attached hydrogens (tertiary/aromatic N) is 1. The summed E-state index contributed by atoms with van der Waals surface area (Å²) in [7, 11) is 0. The average Bonchev–Trinajstić information content (AvgIpc) is 3.50. The van der Waals surface area contributed by atoms with E-state index in [9.17, 15) is 0 Å². The van der Waals surface area contributed by atoms with Crippen molar-refractivity contribution in [3.63, 3.8) is 0 Å². The maximum Gasteiger partial charge on any atom is 0.0710 e. The van der Waals surface area contributed by atoms with E-state index in [1.807, 2.05) is 0 Å². The Morgan fingerprint density at radius 3 is 1.90 bits per heavy atom. The molecule has 2 unspecified atom stereocenters. The van der Waals surface area contributed by atoms with Crippen LogP contribution in [0.4, 0.5) is 11.4 Å². The van der Waals surface area contributed by atoms with Gasteiger partial charge in [-0.3, -0.25) is 0 Å². The van der Waals surface area contributed by atoms with Crippen LogP contribution in [0.15, 0.2) is 200 Å². The van der Waals surface area contributed by atoms with Crippen LogP contribution in [0.5, 0.6) is 0 Å². The van der Waals surface area contributed by atoms with Crippen molar-refractivity contribution in [3.8, 4) is 22.3 Å². The molecule has 0 bridgehead atoms. The quantitative estimate of drug-likeness (QED) is 0.168. The first kappa shape index (κ1) is 30.2. The minimum absolute atomic E-state index is 0.143. The highest BCUT2D eigenvalue weighted by Crippen LogP contribution is 2.58. The molecule has 1 nitrogen and oxygen atoms in total. The Morgan fingerprint density at radius 2 is 1.18 bits per heavy atom. The molecule has 1 heteroatoms. The lowest BCUT2D eigenvalue weighted by molar-refractivity contribution is 0.750. The summed E-state index contributed by atoms with van der Waals surface area (Å²) in [5.41, 5.74) is 15.1. The summed E-state index contributed by atoms with van der Waals surface area (Å²) >= 11 is 0. The molecule has 2 atom stereocenters. The first-order chi connectivity index (χ1) is 24.8. The number of hydrogen-bond donors (Lipinski definition) is 0. The standard InChI is InChI=1S/C49H39N/c1-5-17-36(18-6-1)37-29-31-41(32-30-37)50(48-28-16-14-25-43(48)38-19-7-2-8-20-38)42-33-34-47-45(35-42)44-26-13-15-27-46(44)49(47,39-21-9-3-10-22-39)40-23-11-4-12-24-40/h1-3,5-11,13-31,33-35,41H,4,12,32H2. The van der Waals surface area contributed by atoms with Crippen molar-refractivity contribution in [2.45, 2.75) is 30.7 Å². The fourth-order valence-electron chi connectivity index (χ4n) is 8.49. The Morgan fingerprint density at radius 1 is 0.520 bits per heavy atom. The van der Waals surface area contributed by atoms with Gasteiger partial charge in [0.1, 0.15) is 0 Å². The van der Waals surface area contributed by atoms with Gasteiger partial charge in [0.05, 0.1) is 11.5 Å². The van der Waals surface area contributed by atoms with Crippen LogP contribution in [-0.4, -0.2) is 6.04 Å². The Kier molecular flexibility index (Phi) is 7.75. The number of para-hydroxylation sites is 1. The maximum absolute atomic E-state index is 2.57. The van der Waals surface area contributed by atoms with E-state index in [4.69, 9.17) is 0 Å². The summed E-state index contributed by atoms with van der Waals surface area (Å²) < 4.78 is 0. The van der Waals surface area contributed by atoms with Gasteiger partial charge in [0.15, 0.2) is 0 Å². The molecule has 0 saturated carbocycles. The van der Waals surface area contributed by atoms with Crippen LogP contribution >= 0.6 is 0 Å². The van der Waals surface area contributed by atoms with Crippen molar-refractivity contribution in [3.05, 3.63) is 222 Å². The Hall–Kier alpha value is -5.92. The minimum Gasteiger partial charge on any atom is -0.334 e. The van der Waals surface area contributed by atoms with Gasteiger partial charge in [0.2, 0.25) is 0 Å². The second kappa shape index (κ2) is 12.8. The van der Waals surface area contributed by atoms with E-state index in [1.54, 1.807) is 0 Å². The maximum atomic E-state index is 2.57. The highest BCUT2D eigenvalue weighted by Gasteiger charge is 2.47. The third-order valence-corrected chi connectivity index (χ3v) is 10.7. The molecular weight excluding hydrogens is 603 g/mol. The lowest BCUT2D eigenvalue weighted by Gasteiger charge is -2.37. The number of benzene rings is 6. The van der Waals surface area contributed by atoms with Crippen molar-refractivity contribution in [2.24, 2.45) is 0 Å². The highest BCUT2D eigenvalue weighted by molar-refractivity contribution is 5.91. The predicted molar refractivity (Wildman–Crippen MR) is 211 cm³/mol. The molecule has 0 N–H and O–H groups in total. The Labute approximate surface area is 295 Å². The molecule has 0 amide bonds. The summed E-state index contributed by atoms with van der Waals surface area (Å²) in [6, 6.07) is 58.1. The molecule has 0 saturated heterocycles. The molecule has 50 heavy (non-hydrogen) atoms. The molecular formula is C49H39N. The molecule has 0 spiro atoms. The second-order valence-corrected chi connectivity index (χ2v) is 13.5. The zero-order chi connectivity index (χ0) is 33.3. The van der Waals surface area contributed by atoms with Gasteiger partial charge in [0, 0.05) is 16.9 Å².